The van der Waals surface area contributed by atoms with Crippen molar-refractivity contribution in [1.29, 1.82) is 0 Å². The second-order valence-electron chi connectivity index (χ2n) is 7.02. The first-order valence-electron chi connectivity index (χ1n) is 10.3. The van der Waals surface area contributed by atoms with Crippen molar-refractivity contribution >= 4 is 11.6 Å². The van der Waals surface area contributed by atoms with Crippen LogP contribution >= 0.6 is 0 Å². The number of rotatable bonds is 12. The molecule has 0 radical (unpaired) electrons. The lowest BCUT2D eigenvalue weighted by Crippen LogP contribution is -2.37. The smallest absolute Gasteiger partial charge is 0.387 e. The highest BCUT2D eigenvalue weighted by atomic mass is 19.3. The van der Waals surface area contributed by atoms with E-state index in [0.717, 1.165) is 5.56 Å². The summed E-state index contributed by atoms with van der Waals surface area (Å²) in [6, 6.07) is 8.04. The first-order valence-corrected chi connectivity index (χ1v) is 10.3. The maximum atomic E-state index is 12.7. The molecule has 0 saturated carbocycles. The third-order valence-electron chi connectivity index (χ3n) is 4.79. The lowest BCUT2D eigenvalue weighted by Gasteiger charge is -2.24. The Morgan fingerprint density at radius 1 is 1.24 bits per heavy atom. The number of carbonyl (C=O) groups excluding carboxylic acids is 1. The zero-order valence-corrected chi connectivity index (χ0v) is 18.2. The van der Waals surface area contributed by atoms with Gasteiger partial charge in [-0.05, 0) is 18.2 Å². The molecule has 33 heavy (non-hydrogen) atoms. The van der Waals surface area contributed by atoms with E-state index in [1.165, 1.54) is 6.07 Å². The van der Waals surface area contributed by atoms with Gasteiger partial charge >= 0.3 is 6.61 Å². The summed E-state index contributed by atoms with van der Waals surface area (Å²) in [4.78, 5) is 16.7. The van der Waals surface area contributed by atoms with Crippen LogP contribution < -0.4 is 25.4 Å². The number of anilines is 1. The number of pyridine rings is 1. The van der Waals surface area contributed by atoms with E-state index in [0.29, 0.717) is 49.7 Å². The monoisotopic (exact) mass is 460 g/mol. The number of nitrogens with one attached hydrogen (secondary N) is 3. The van der Waals surface area contributed by atoms with Crippen LogP contribution in [0.3, 0.4) is 0 Å². The normalized spacial score (nSPS) is 13.5. The van der Waals surface area contributed by atoms with E-state index >= 15 is 0 Å². The van der Waals surface area contributed by atoms with Crippen LogP contribution in [0.5, 0.6) is 11.5 Å². The number of hydrogen-bond acceptors (Lipinski definition) is 7. The van der Waals surface area contributed by atoms with Crippen LogP contribution in [0.1, 0.15) is 12.0 Å². The number of hydrogen-bond donors (Lipinski definition) is 3. The molecule has 10 heteroatoms. The van der Waals surface area contributed by atoms with E-state index in [9.17, 15) is 13.6 Å². The first kappa shape index (κ1) is 24.0. The topological polar surface area (TPSA) is 93.7 Å². The Hall–Kier alpha value is -3.66. The zero-order valence-electron chi connectivity index (χ0n) is 18.2. The summed E-state index contributed by atoms with van der Waals surface area (Å²) in [5.74, 6) is 0.244. The quantitative estimate of drug-likeness (QED) is 0.419. The fourth-order valence-electron chi connectivity index (χ4n) is 3.26. The van der Waals surface area contributed by atoms with Crippen molar-refractivity contribution in [1.82, 2.24) is 15.6 Å². The van der Waals surface area contributed by atoms with Crippen molar-refractivity contribution < 1.29 is 27.8 Å². The van der Waals surface area contributed by atoms with Gasteiger partial charge in [0.2, 0.25) is 0 Å². The zero-order chi connectivity index (χ0) is 23.6. The first-order chi connectivity index (χ1) is 16.0. The van der Waals surface area contributed by atoms with E-state index < -0.39 is 6.61 Å². The van der Waals surface area contributed by atoms with Crippen molar-refractivity contribution in [2.75, 3.05) is 32.2 Å². The van der Waals surface area contributed by atoms with Gasteiger partial charge in [0.1, 0.15) is 18.1 Å². The maximum absolute atomic E-state index is 12.7. The third-order valence-corrected chi connectivity index (χ3v) is 4.79. The Bertz CT molecular complexity index is 1010. The summed E-state index contributed by atoms with van der Waals surface area (Å²) in [5.41, 5.74) is 2.36. The SMILES string of the molecule is C=C(Nc1ccccc1OC(F)F)C1=C(NCc2ccncc2OCCOC)CCNC1=O. The number of benzene rings is 1. The van der Waals surface area contributed by atoms with Crippen LogP contribution in [0.25, 0.3) is 0 Å². The highest BCUT2D eigenvalue weighted by Crippen LogP contribution is 2.29. The van der Waals surface area contributed by atoms with E-state index in [2.05, 4.69) is 32.3 Å². The molecule has 0 saturated heterocycles. The summed E-state index contributed by atoms with van der Waals surface area (Å²) < 4.78 is 40.7. The van der Waals surface area contributed by atoms with E-state index in [1.54, 1.807) is 37.7 Å². The number of nitrogens with zero attached hydrogens (tertiary/aromatic N) is 1. The number of amides is 1. The van der Waals surface area contributed by atoms with Gasteiger partial charge in [-0.1, -0.05) is 18.7 Å². The van der Waals surface area contributed by atoms with Gasteiger partial charge in [0.15, 0.2) is 0 Å². The molecule has 2 aromatic rings. The van der Waals surface area contributed by atoms with Crippen molar-refractivity contribution in [2.24, 2.45) is 0 Å². The van der Waals surface area contributed by atoms with Gasteiger partial charge in [-0.2, -0.15) is 8.78 Å². The third kappa shape index (κ3) is 6.66. The minimum Gasteiger partial charge on any atom is -0.489 e. The number of halogens is 2. The summed E-state index contributed by atoms with van der Waals surface area (Å²) in [5, 5.41) is 9.00. The molecule has 1 aliphatic rings. The maximum Gasteiger partial charge on any atom is 0.387 e. The number of alkyl halides is 2. The van der Waals surface area contributed by atoms with Crippen molar-refractivity contribution in [3.8, 4) is 11.5 Å². The van der Waals surface area contributed by atoms with Crippen molar-refractivity contribution in [2.45, 2.75) is 19.6 Å². The Kier molecular flexibility index (Phi) is 8.59. The minimum atomic E-state index is -2.98. The second-order valence-corrected chi connectivity index (χ2v) is 7.02. The average Bonchev–Trinajstić information content (AvgIpc) is 2.79. The van der Waals surface area contributed by atoms with Crippen LogP contribution in [-0.4, -0.2) is 44.4 Å². The van der Waals surface area contributed by atoms with E-state index in [4.69, 9.17) is 9.47 Å². The highest BCUT2D eigenvalue weighted by Gasteiger charge is 2.24. The lowest BCUT2D eigenvalue weighted by atomic mass is 10.0. The molecule has 0 aliphatic carbocycles. The molecule has 1 aromatic heterocycles. The Balaban J connectivity index is 1.78. The van der Waals surface area contributed by atoms with Crippen LogP contribution in [0, 0.1) is 0 Å². The van der Waals surface area contributed by atoms with E-state index in [1.807, 2.05) is 6.07 Å². The highest BCUT2D eigenvalue weighted by molar-refractivity contribution is 6.00. The summed E-state index contributed by atoms with van der Waals surface area (Å²) in [6.45, 7) is 2.64. The molecular weight excluding hydrogens is 434 g/mol. The molecule has 1 amide bonds. The molecule has 1 aromatic carbocycles. The predicted octanol–water partition coefficient (Wildman–Crippen LogP) is 3.20. The van der Waals surface area contributed by atoms with Gasteiger partial charge in [-0.3, -0.25) is 9.78 Å². The van der Waals surface area contributed by atoms with Crippen LogP contribution in [-0.2, 0) is 16.1 Å². The Morgan fingerprint density at radius 2 is 2.06 bits per heavy atom. The molecule has 176 valence electrons. The molecule has 0 bridgehead atoms. The number of carbonyl (C=O) groups is 1. The molecule has 3 rings (SSSR count). The summed E-state index contributed by atoms with van der Waals surface area (Å²) in [6.07, 6.45) is 3.82. The minimum absolute atomic E-state index is 0.0467. The fraction of sp³-hybridized carbons (Fsp3) is 0.304. The van der Waals surface area contributed by atoms with Gasteiger partial charge in [0.25, 0.3) is 5.91 Å². The predicted molar refractivity (Wildman–Crippen MR) is 119 cm³/mol. The van der Waals surface area contributed by atoms with Crippen molar-refractivity contribution in [3.05, 3.63) is 71.8 Å². The molecule has 8 nitrogen and oxygen atoms in total. The molecule has 0 atom stereocenters. The number of ether oxygens (including phenoxy) is 3. The second kappa shape index (κ2) is 11.8. The number of para-hydroxylation sites is 2. The van der Waals surface area contributed by atoms with Crippen LogP contribution in [0.2, 0.25) is 0 Å². The largest absolute Gasteiger partial charge is 0.489 e. The number of methoxy groups -OCH3 is 1. The molecule has 2 heterocycles. The van der Waals surface area contributed by atoms with Gasteiger partial charge in [0, 0.05) is 49.8 Å². The summed E-state index contributed by atoms with van der Waals surface area (Å²) in [7, 11) is 1.59. The number of aromatic nitrogens is 1. The molecule has 0 spiro atoms. The summed E-state index contributed by atoms with van der Waals surface area (Å²) >= 11 is 0. The van der Waals surface area contributed by atoms with Crippen LogP contribution in [0.15, 0.2) is 66.3 Å². The Labute approximate surface area is 190 Å². The molecule has 0 fully saturated rings. The van der Waals surface area contributed by atoms with Crippen molar-refractivity contribution in [3.63, 3.8) is 0 Å². The molecular formula is C23H26F2N4O4. The molecule has 0 unspecified atom stereocenters. The fourth-order valence-corrected chi connectivity index (χ4v) is 3.26. The average molecular weight is 460 g/mol. The Morgan fingerprint density at radius 3 is 2.85 bits per heavy atom. The van der Waals surface area contributed by atoms with Gasteiger partial charge in [-0.15, -0.1) is 0 Å². The molecule has 3 N–H and O–H groups in total. The van der Waals surface area contributed by atoms with Gasteiger partial charge in [0.05, 0.1) is 24.1 Å². The van der Waals surface area contributed by atoms with E-state index in [-0.39, 0.29) is 23.0 Å². The van der Waals surface area contributed by atoms with Crippen LogP contribution in [0.4, 0.5) is 14.5 Å². The lowest BCUT2D eigenvalue weighted by molar-refractivity contribution is -0.117. The molecule has 1 aliphatic heterocycles. The standard InChI is InChI=1S/C23H26F2N4O4/c1-15(29-17-5-3-4-6-19(17)33-23(24)25)21-18(8-10-27-22(21)30)28-13-16-7-9-26-14-20(16)32-12-11-31-2/h3-7,9,14,23,28-29H,1,8,10-13H2,2H3,(H,27,30). The van der Waals surface area contributed by atoms with Gasteiger partial charge < -0.3 is 30.2 Å². The van der Waals surface area contributed by atoms with Gasteiger partial charge in [-0.25, -0.2) is 0 Å².